The van der Waals surface area contributed by atoms with E-state index in [2.05, 4.69) is 32.6 Å². The van der Waals surface area contributed by atoms with Crippen LogP contribution in [-0.4, -0.2) is 33.5 Å². The second-order valence-electron chi connectivity index (χ2n) is 4.96. The van der Waals surface area contributed by atoms with E-state index in [9.17, 15) is 18.0 Å². The van der Waals surface area contributed by atoms with Gasteiger partial charge in [0.1, 0.15) is 11.0 Å². The summed E-state index contributed by atoms with van der Waals surface area (Å²) in [6.45, 7) is -1.39. The largest absolute Gasteiger partial charge is 0.408 e. The third kappa shape index (κ3) is 4.38. The van der Waals surface area contributed by atoms with E-state index in [0.29, 0.717) is 15.6 Å². The van der Waals surface area contributed by atoms with Gasteiger partial charge in [0.25, 0.3) is 5.56 Å². The van der Waals surface area contributed by atoms with E-state index in [1.807, 2.05) is 0 Å². The second kappa shape index (κ2) is 6.60. The maximum atomic E-state index is 12.3. The number of nitrogens with one attached hydrogen (secondary N) is 1. The summed E-state index contributed by atoms with van der Waals surface area (Å²) in [6, 6.07) is 0.221. The number of anilines is 1. The molecule has 1 N–H and O–H groups in total. The van der Waals surface area contributed by atoms with Gasteiger partial charge in [-0.1, -0.05) is 0 Å². The van der Waals surface area contributed by atoms with Crippen molar-refractivity contribution in [3.63, 3.8) is 0 Å². The second-order valence-corrected chi connectivity index (χ2v) is 6.89. The van der Waals surface area contributed by atoms with Gasteiger partial charge < -0.3 is 5.32 Å². The predicted molar refractivity (Wildman–Crippen MR) is 80.8 cm³/mol. The first kappa shape index (κ1) is 16.7. The zero-order chi connectivity index (χ0) is 15.6. The first-order valence-electron chi connectivity index (χ1n) is 6.42. The summed E-state index contributed by atoms with van der Waals surface area (Å²) in [6.07, 6.45) is 1.90. The zero-order valence-corrected chi connectivity index (χ0v) is 13.7. The maximum Gasteiger partial charge on any atom is 0.408 e. The summed E-state index contributed by atoms with van der Waals surface area (Å²) in [5, 5.41) is 7.36. The summed E-state index contributed by atoms with van der Waals surface area (Å²) in [5.41, 5.74) is -0.332. The molecule has 118 valence electrons. The van der Waals surface area contributed by atoms with Crippen LogP contribution in [0.25, 0.3) is 0 Å². The van der Waals surface area contributed by atoms with E-state index in [-0.39, 0.29) is 10.5 Å². The number of alkyl halides is 3. The fourth-order valence-corrected chi connectivity index (χ4v) is 3.57. The van der Waals surface area contributed by atoms with E-state index in [1.54, 1.807) is 11.8 Å². The Bertz CT molecular complexity index is 564. The van der Waals surface area contributed by atoms with E-state index in [4.69, 9.17) is 0 Å². The van der Waals surface area contributed by atoms with Gasteiger partial charge in [-0.3, -0.25) is 4.79 Å². The molecule has 9 heteroatoms. The molecule has 0 spiro atoms. The van der Waals surface area contributed by atoms with Crippen molar-refractivity contribution in [2.45, 2.75) is 43.3 Å². The average molecular weight is 386 g/mol. The Labute approximate surface area is 132 Å². The normalized spacial score (nSPS) is 22.5. The van der Waals surface area contributed by atoms with Crippen LogP contribution in [0.5, 0.6) is 0 Å². The smallest absolute Gasteiger partial charge is 0.380 e. The summed E-state index contributed by atoms with van der Waals surface area (Å²) >= 11 is 4.87. The van der Waals surface area contributed by atoms with Crippen LogP contribution < -0.4 is 10.9 Å². The van der Waals surface area contributed by atoms with Gasteiger partial charge >= 0.3 is 6.18 Å². The lowest BCUT2D eigenvalue weighted by Gasteiger charge is -2.16. The summed E-state index contributed by atoms with van der Waals surface area (Å²) in [4.78, 5) is 11.9. The van der Waals surface area contributed by atoms with Crippen LogP contribution in [0.15, 0.2) is 15.5 Å². The molecule has 0 aliphatic heterocycles. The van der Waals surface area contributed by atoms with Gasteiger partial charge in [0.05, 0.1) is 11.9 Å². The number of hydrogen-bond donors (Lipinski definition) is 1. The molecule has 1 aromatic heterocycles. The molecule has 1 aromatic rings. The fourth-order valence-electron chi connectivity index (χ4n) is 2.35. The fraction of sp³-hybridized carbons (Fsp3) is 0.667. The van der Waals surface area contributed by atoms with Crippen LogP contribution in [0.4, 0.5) is 18.9 Å². The van der Waals surface area contributed by atoms with Crippen LogP contribution in [0.1, 0.15) is 19.3 Å². The Morgan fingerprint density at radius 1 is 1.52 bits per heavy atom. The molecular formula is C12H15BrF3N3OS. The lowest BCUT2D eigenvalue weighted by molar-refractivity contribution is -0.143. The SMILES string of the molecule is CSC1CCC(Nc2cnn(CC(F)(F)F)c(=O)c2Br)C1. The third-order valence-electron chi connectivity index (χ3n) is 3.39. The first-order valence-corrected chi connectivity index (χ1v) is 8.50. The number of thioether (sulfide) groups is 1. The molecule has 0 saturated heterocycles. The van der Waals surface area contributed by atoms with Gasteiger partial charge in [-0.2, -0.15) is 30.0 Å². The molecule has 2 unspecified atom stereocenters. The predicted octanol–water partition coefficient (Wildman–Crippen LogP) is 3.26. The minimum Gasteiger partial charge on any atom is -0.380 e. The number of halogens is 4. The van der Waals surface area contributed by atoms with E-state index in [0.717, 1.165) is 19.3 Å². The Morgan fingerprint density at radius 3 is 2.81 bits per heavy atom. The topological polar surface area (TPSA) is 46.9 Å². The van der Waals surface area contributed by atoms with Gasteiger partial charge in [-0.05, 0) is 41.4 Å². The van der Waals surface area contributed by atoms with E-state index < -0.39 is 18.3 Å². The summed E-state index contributed by atoms with van der Waals surface area (Å²) in [5.74, 6) is 0. The molecule has 4 nitrogen and oxygen atoms in total. The third-order valence-corrected chi connectivity index (χ3v) is 5.25. The van der Waals surface area contributed by atoms with E-state index >= 15 is 0 Å². The molecule has 1 fully saturated rings. The Morgan fingerprint density at radius 2 is 2.24 bits per heavy atom. The lowest BCUT2D eigenvalue weighted by Crippen LogP contribution is -2.31. The van der Waals surface area contributed by atoms with E-state index in [1.165, 1.54) is 6.20 Å². The Kier molecular flexibility index (Phi) is 5.24. The molecule has 0 aromatic carbocycles. The van der Waals surface area contributed by atoms with Crippen LogP contribution in [0, 0.1) is 0 Å². The minimum absolute atomic E-state index is 0.0920. The molecule has 21 heavy (non-hydrogen) atoms. The molecule has 2 atom stereocenters. The lowest BCUT2D eigenvalue weighted by atomic mass is 10.2. The molecule has 1 aliphatic rings. The van der Waals surface area contributed by atoms with Crippen molar-refractivity contribution in [3.05, 3.63) is 21.0 Å². The molecule has 0 radical (unpaired) electrons. The summed E-state index contributed by atoms with van der Waals surface area (Å²) in [7, 11) is 0. The zero-order valence-electron chi connectivity index (χ0n) is 11.3. The molecule has 0 bridgehead atoms. The highest BCUT2D eigenvalue weighted by Crippen LogP contribution is 2.31. The molecule has 0 amide bonds. The van der Waals surface area contributed by atoms with Gasteiger partial charge in [0, 0.05) is 11.3 Å². The number of hydrogen-bond acceptors (Lipinski definition) is 4. The van der Waals surface area contributed by atoms with Crippen LogP contribution in [-0.2, 0) is 6.54 Å². The summed E-state index contributed by atoms with van der Waals surface area (Å²) < 4.78 is 37.5. The standard InChI is InChI=1S/C12H15BrF3N3OS/c1-21-8-3-2-7(4-8)18-9-5-17-19(6-12(14,15)16)11(20)10(9)13/h5,7-8,18H,2-4,6H2,1H3. The number of nitrogens with zero attached hydrogens (tertiary/aromatic N) is 2. The number of rotatable bonds is 4. The van der Waals surface area contributed by atoms with Gasteiger partial charge in [0.2, 0.25) is 0 Å². The van der Waals surface area contributed by atoms with Crippen molar-refractivity contribution in [1.82, 2.24) is 9.78 Å². The Balaban J connectivity index is 2.12. The Hall–Kier alpha value is -0.700. The molecule has 2 rings (SSSR count). The van der Waals surface area contributed by atoms with Crippen LogP contribution >= 0.6 is 27.7 Å². The highest BCUT2D eigenvalue weighted by atomic mass is 79.9. The maximum absolute atomic E-state index is 12.3. The molecular weight excluding hydrogens is 371 g/mol. The highest BCUT2D eigenvalue weighted by Gasteiger charge is 2.30. The average Bonchev–Trinajstić information content (AvgIpc) is 2.85. The van der Waals surface area contributed by atoms with Crippen molar-refractivity contribution in [2.75, 3.05) is 11.6 Å². The van der Waals surface area contributed by atoms with Gasteiger partial charge in [-0.25, -0.2) is 4.68 Å². The number of aromatic nitrogens is 2. The first-order chi connectivity index (χ1) is 9.80. The van der Waals surface area contributed by atoms with Crippen molar-refractivity contribution < 1.29 is 13.2 Å². The molecule has 1 saturated carbocycles. The van der Waals surface area contributed by atoms with Crippen LogP contribution in [0.3, 0.4) is 0 Å². The van der Waals surface area contributed by atoms with Crippen molar-refractivity contribution >= 4 is 33.4 Å². The monoisotopic (exact) mass is 385 g/mol. The van der Waals surface area contributed by atoms with Crippen molar-refractivity contribution in [2.24, 2.45) is 0 Å². The minimum atomic E-state index is -4.47. The van der Waals surface area contributed by atoms with Crippen molar-refractivity contribution in [1.29, 1.82) is 0 Å². The van der Waals surface area contributed by atoms with Crippen molar-refractivity contribution in [3.8, 4) is 0 Å². The van der Waals surface area contributed by atoms with Gasteiger partial charge in [-0.15, -0.1) is 0 Å². The quantitative estimate of drug-likeness (QED) is 0.863. The van der Waals surface area contributed by atoms with Crippen LogP contribution in [0.2, 0.25) is 0 Å². The molecule has 1 heterocycles. The molecule has 1 aliphatic carbocycles. The highest BCUT2D eigenvalue weighted by molar-refractivity contribution is 9.10. The van der Waals surface area contributed by atoms with Gasteiger partial charge in [0.15, 0.2) is 0 Å².